The molecule has 5 rings (SSSR count). The van der Waals surface area contributed by atoms with Crippen LogP contribution in [0.2, 0.25) is 0 Å². The number of unbranched alkanes of at least 4 members (excludes halogenated alkanes) is 1. The van der Waals surface area contributed by atoms with Crippen molar-refractivity contribution < 1.29 is 23.7 Å². The number of hydrogen-bond donors (Lipinski definition) is 0. The third-order valence-corrected chi connectivity index (χ3v) is 6.70. The Hall–Kier alpha value is -3.53. The Morgan fingerprint density at radius 1 is 1.20 bits per heavy atom. The van der Waals surface area contributed by atoms with E-state index in [-0.39, 0.29) is 19.1 Å². The molecular formula is C25H26N4O5S. The van der Waals surface area contributed by atoms with Crippen LogP contribution in [0, 0.1) is 0 Å². The van der Waals surface area contributed by atoms with Crippen LogP contribution in [-0.2, 0) is 4.79 Å². The SMILES string of the molecule is CCCCSc1nnc2c(n1)O[C@H](c1cc(OC)c3c(c1)OCO3)N(C(=O)CC)c1ccccc1-2. The molecule has 0 unspecified atom stereocenters. The first-order valence-electron chi connectivity index (χ1n) is 11.6. The van der Waals surface area contributed by atoms with E-state index in [0.29, 0.717) is 45.2 Å². The topological polar surface area (TPSA) is 95.9 Å². The van der Waals surface area contributed by atoms with Gasteiger partial charge in [-0.05, 0) is 24.6 Å². The fourth-order valence-electron chi connectivity index (χ4n) is 4.03. The molecule has 0 saturated heterocycles. The second-order valence-electron chi connectivity index (χ2n) is 8.01. The van der Waals surface area contributed by atoms with Crippen molar-refractivity contribution in [3.05, 3.63) is 42.0 Å². The lowest BCUT2D eigenvalue weighted by Gasteiger charge is -2.31. The van der Waals surface area contributed by atoms with Crippen LogP contribution >= 0.6 is 11.8 Å². The quantitative estimate of drug-likeness (QED) is 0.332. The second-order valence-corrected chi connectivity index (χ2v) is 9.07. The van der Waals surface area contributed by atoms with E-state index in [2.05, 4.69) is 17.1 Å². The van der Waals surface area contributed by atoms with Gasteiger partial charge in [0, 0.05) is 23.3 Å². The molecule has 9 nitrogen and oxygen atoms in total. The van der Waals surface area contributed by atoms with Crippen LogP contribution in [0.1, 0.15) is 44.9 Å². The summed E-state index contributed by atoms with van der Waals surface area (Å²) in [6.07, 6.45) is 1.58. The van der Waals surface area contributed by atoms with Crippen molar-refractivity contribution in [2.45, 2.75) is 44.5 Å². The Morgan fingerprint density at radius 3 is 2.86 bits per heavy atom. The first-order valence-corrected chi connectivity index (χ1v) is 12.6. The predicted molar refractivity (Wildman–Crippen MR) is 131 cm³/mol. The Morgan fingerprint density at radius 2 is 2.06 bits per heavy atom. The molecule has 2 aliphatic heterocycles. The van der Waals surface area contributed by atoms with Crippen molar-refractivity contribution in [2.75, 3.05) is 24.6 Å². The van der Waals surface area contributed by atoms with Gasteiger partial charge in [0.2, 0.25) is 35.7 Å². The number of benzene rings is 2. The summed E-state index contributed by atoms with van der Waals surface area (Å²) < 4.78 is 23.2. The number of aromatic nitrogens is 3. The van der Waals surface area contributed by atoms with Crippen molar-refractivity contribution >= 4 is 23.4 Å². The highest BCUT2D eigenvalue weighted by Crippen LogP contribution is 2.47. The molecule has 10 heteroatoms. The minimum absolute atomic E-state index is 0.0967. The molecule has 0 N–H and O–H groups in total. The summed E-state index contributed by atoms with van der Waals surface area (Å²) in [5.74, 6) is 2.64. The van der Waals surface area contributed by atoms with Gasteiger partial charge in [-0.15, -0.1) is 10.2 Å². The van der Waals surface area contributed by atoms with Crippen LogP contribution in [-0.4, -0.2) is 40.7 Å². The summed E-state index contributed by atoms with van der Waals surface area (Å²) in [7, 11) is 1.56. The summed E-state index contributed by atoms with van der Waals surface area (Å²) in [5, 5.41) is 9.34. The third-order valence-electron chi connectivity index (χ3n) is 5.78. The fourth-order valence-corrected chi connectivity index (χ4v) is 4.89. The summed E-state index contributed by atoms with van der Waals surface area (Å²) in [4.78, 5) is 19.7. The molecule has 0 aliphatic carbocycles. The number of ether oxygens (including phenoxy) is 4. The maximum Gasteiger partial charge on any atom is 0.247 e. The molecule has 35 heavy (non-hydrogen) atoms. The number of para-hydroxylation sites is 1. The van der Waals surface area contributed by atoms with Crippen LogP contribution < -0.4 is 23.8 Å². The third kappa shape index (κ3) is 4.34. The van der Waals surface area contributed by atoms with Crippen molar-refractivity contribution in [2.24, 2.45) is 0 Å². The Bertz CT molecular complexity index is 1250. The molecular weight excluding hydrogens is 468 g/mol. The largest absolute Gasteiger partial charge is 0.493 e. The standard InChI is InChI=1S/C25H26N4O5S/c1-4-6-11-35-25-26-23-21(27-28-25)16-9-7-8-10-17(16)29(20(30)5-2)24(34-23)15-12-18(31-3)22-19(13-15)32-14-33-22/h7-10,12-13,24H,4-6,11,14H2,1-3H3/t24-/m1/s1. The number of nitrogens with zero attached hydrogens (tertiary/aromatic N) is 4. The molecule has 3 heterocycles. The molecule has 1 amide bonds. The van der Waals surface area contributed by atoms with Crippen LogP contribution in [0.4, 0.5) is 5.69 Å². The van der Waals surface area contributed by atoms with E-state index in [1.165, 1.54) is 11.8 Å². The second kappa shape index (κ2) is 9.99. The average molecular weight is 495 g/mol. The van der Waals surface area contributed by atoms with Crippen LogP contribution in [0.3, 0.4) is 0 Å². The van der Waals surface area contributed by atoms with E-state index in [9.17, 15) is 4.79 Å². The summed E-state index contributed by atoms with van der Waals surface area (Å²) >= 11 is 1.54. The van der Waals surface area contributed by atoms with Gasteiger partial charge in [-0.25, -0.2) is 0 Å². The van der Waals surface area contributed by atoms with E-state index >= 15 is 0 Å². The number of thioether (sulfide) groups is 1. The van der Waals surface area contributed by atoms with E-state index in [1.807, 2.05) is 37.3 Å². The number of fused-ring (bicyclic) bond motifs is 4. The number of carbonyl (C=O) groups is 1. The van der Waals surface area contributed by atoms with E-state index in [1.54, 1.807) is 18.1 Å². The summed E-state index contributed by atoms with van der Waals surface area (Å²) in [6.45, 7) is 4.06. The molecule has 0 spiro atoms. The van der Waals surface area contributed by atoms with Gasteiger partial charge in [-0.1, -0.05) is 50.2 Å². The maximum atomic E-state index is 13.3. The first-order chi connectivity index (χ1) is 17.1. The molecule has 2 aliphatic rings. The smallest absolute Gasteiger partial charge is 0.247 e. The molecule has 182 valence electrons. The highest BCUT2D eigenvalue weighted by Gasteiger charge is 2.37. The van der Waals surface area contributed by atoms with Gasteiger partial charge >= 0.3 is 0 Å². The van der Waals surface area contributed by atoms with Gasteiger partial charge in [0.15, 0.2) is 17.2 Å². The predicted octanol–water partition coefficient (Wildman–Crippen LogP) is 5.00. The molecule has 2 aromatic carbocycles. The lowest BCUT2D eigenvalue weighted by molar-refractivity contribution is -0.120. The molecule has 1 aromatic heterocycles. The van der Waals surface area contributed by atoms with Gasteiger partial charge in [0.05, 0.1) is 12.8 Å². The van der Waals surface area contributed by atoms with E-state index < -0.39 is 6.23 Å². The van der Waals surface area contributed by atoms with Crippen LogP contribution in [0.15, 0.2) is 41.6 Å². The zero-order valence-electron chi connectivity index (χ0n) is 19.8. The zero-order chi connectivity index (χ0) is 24.4. The van der Waals surface area contributed by atoms with Crippen LogP contribution in [0.5, 0.6) is 23.1 Å². The molecule has 0 bridgehead atoms. The monoisotopic (exact) mass is 494 g/mol. The van der Waals surface area contributed by atoms with Crippen molar-refractivity contribution in [1.82, 2.24) is 15.2 Å². The number of anilines is 1. The minimum Gasteiger partial charge on any atom is -0.493 e. The minimum atomic E-state index is -0.835. The van der Waals surface area contributed by atoms with E-state index in [0.717, 1.165) is 24.2 Å². The maximum absolute atomic E-state index is 13.3. The van der Waals surface area contributed by atoms with Gasteiger partial charge in [-0.3, -0.25) is 9.69 Å². The molecule has 1 atom stereocenters. The van der Waals surface area contributed by atoms with Crippen molar-refractivity contribution in [3.63, 3.8) is 0 Å². The van der Waals surface area contributed by atoms with Gasteiger partial charge in [0.1, 0.15) is 0 Å². The zero-order valence-corrected chi connectivity index (χ0v) is 20.6. The van der Waals surface area contributed by atoms with Gasteiger partial charge in [-0.2, -0.15) is 4.98 Å². The highest BCUT2D eigenvalue weighted by atomic mass is 32.2. The highest BCUT2D eigenvalue weighted by molar-refractivity contribution is 7.99. The Balaban J connectivity index is 1.67. The Kier molecular flexibility index (Phi) is 6.63. The first kappa shape index (κ1) is 23.2. The van der Waals surface area contributed by atoms with Gasteiger partial charge in [0.25, 0.3) is 0 Å². The summed E-state index contributed by atoms with van der Waals surface area (Å²) in [6, 6.07) is 11.2. The number of hydrogen-bond acceptors (Lipinski definition) is 9. The van der Waals surface area contributed by atoms with E-state index in [4.69, 9.17) is 23.9 Å². The van der Waals surface area contributed by atoms with Crippen molar-refractivity contribution in [3.8, 4) is 34.4 Å². The Labute approximate surface area is 207 Å². The number of rotatable bonds is 7. The molecule has 0 radical (unpaired) electrons. The lowest BCUT2D eigenvalue weighted by Crippen LogP contribution is -2.37. The normalized spacial score (nSPS) is 15.6. The van der Waals surface area contributed by atoms with Crippen LogP contribution in [0.25, 0.3) is 11.3 Å². The molecule has 0 saturated carbocycles. The van der Waals surface area contributed by atoms with Gasteiger partial charge < -0.3 is 18.9 Å². The fraction of sp³-hybridized carbons (Fsp3) is 0.360. The number of amides is 1. The lowest BCUT2D eigenvalue weighted by atomic mass is 10.1. The number of methoxy groups -OCH3 is 1. The summed E-state index contributed by atoms with van der Waals surface area (Å²) in [5.41, 5.74) is 2.55. The number of carbonyl (C=O) groups excluding carboxylic acids is 1. The van der Waals surface area contributed by atoms with Crippen molar-refractivity contribution in [1.29, 1.82) is 0 Å². The molecule has 3 aromatic rings. The molecule has 0 fully saturated rings. The average Bonchev–Trinajstić information content (AvgIpc) is 3.31.